The molecule has 0 aliphatic heterocycles. The van der Waals surface area contributed by atoms with Gasteiger partial charge in [-0.15, -0.1) is 24.0 Å². The average molecular weight is 563 g/mol. The number of nitrogens with zero attached hydrogens (tertiary/aromatic N) is 3. The molecule has 1 amide bonds. The number of rotatable bonds is 7. The van der Waals surface area contributed by atoms with Gasteiger partial charge in [-0.05, 0) is 53.6 Å². The molecule has 0 spiro atoms. The topological polar surface area (TPSA) is 78.9 Å². The first-order valence-corrected chi connectivity index (χ1v) is 10.1. The summed E-state index contributed by atoms with van der Waals surface area (Å²) in [4.78, 5) is 22.0. The SMILES string of the molecule is CN=C(NCc1ccc(C(=O)N(C)C)cc1)NCc1ccnc(Oc2ccc(F)cc2)c1.I. The molecule has 0 aliphatic carbocycles. The van der Waals surface area contributed by atoms with E-state index in [-0.39, 0.29) is 35.7 Å². The number of amides is 1. The third-order valence-corrected chi connectivity index (χ3v) is 4.59. The van der Waals surface area contributed by atoms with E-state index in [0.717, 1.165) is 11.1 Å². The largest absolute Gasteiger partial charge is 0.439 e. The molecule has 0 saturated heterocycles. The second-order valence-corrected chi connectivity index (χ2v) is 7.23. The van der Waals surface area contributed by atoms with Crippen molar-refractivity contribution < 1.29 is 13.9 Å². The van der Waals surface area contributed by atoms with Crippen molar-refractivity contribution in [3.63, 3.8) is 0 Å². The van der Waals surface area contributed by atoms with Crippen LogP contribution >= 0.6 is 24.0 Å². The van der Waals surface area contributed by atoms with Crippen LogP contribution in [-0.4, -0.2) is 42.9 Å². The van der Waals surface area contributed by atoms with Gasteiger partial charge in [0.05, 0.1) is 0 Å². The van der Waals surface area contributed by atoms with Crippen LogP contribution in [0.15, 0.2) is 71.9 Å². The Morgan fingerprint density at radius 2 is 1.64 bits per heavy atom. The summed E-state index contributed by atoms with van der Waals surface area (Å²) in [6.07, 6.45) is 1.66. The van der Waals surface area contributed by atoms with Crippen LogP contribution in [0.4, 0.5) is 4.39 Å². The van der Waals surface area contributed by atoms with Crippen molar-refractivity contribution in [1.29, 1.82) is 0 Å². The van der Waals surface area contributed by atoms with Gasteiger partial charge in [-0.3, -0.25) is 9.79 Å². The monoisotopic (exact) mass is 563 g/mol. The molecule has 0 radical (unpaired) electrons. The number of ether oxygens (including phenoxy) is 1. The van der Waals surface area contributed by atoms with Crippen molar-refractivity contribution in [3.05, 3.63) is 89.4 Å². The Bertz CT molecular complexity index is 1070. The van der Waals surface area contributed by atoms with Gasteiger partial charge in [0, 0.05) is 52.1 Å². The zero-order valence-electron chi connectivity index (χ0n) is 18.7. The van der Waals surface area contributed by atoms with Crippen molar-refractivity contribution >= 4 is 35.8 Å². The fourth-order valence-corrected chi connectivity index (χ4v) is 2.86. The average Bonchev–Trinajstić information content (AvgIpc) is 2.81. The number of guanidine groups is 1. The molecule has 0 aliphatic rings. The first kappa shape index (κ1) is 26.0. The number of hydrogen-bond acceptors (Lipinski definition) is 4. The maximum absolute atomic E-state index is 13.0. The summed E-state index contributed by atoms with van der Waals surface area (Å²) in [7, 11) is 5.16. The third-order valence-electron chi connectivity index (χ3n) is 4.59. The summed E-state index contributed by atoms with van der Waals surface area (Å²) in [5.74, 6) is 1.23. The highest BCUT2D eigenvalue weighted by Gasteiger charge is 2.07. The summed E-state index contributed by atoms with van der Waals surface area (Å²) >= 11 is 0. The molecule has 1 aromatic heterocycles. The van der Waals surface area contributed by atoms with E-state index in [4.69, 9.17) is 4.74 Å². The lowest BCUT2D eigenvalue weighted by atomic mass is 10.1. The van der Waals surface area contributed by atoms with Crippen molar-refractivity contribution in [2.75, 3.05) is 21.1 Å². The van der Waals surface area contributed by atoms with Gasteiger partial charge >= 0.3 is 0 Å². The molecule has 0 atom stereocenters. The first-order valence-electron chi connectivity index (χ1n) is 10.1. The molecule has 0 unspecified atom stereocenters. The highest BCUT2D eigenvalue weighted by molar-refractivity contribution is 14.0. The number of hydrogen-bond donors (Lipinski definition) is 2. The van der Waals surface area contributed by atoms with E-state index < -0.39 is 0 Å². The fraction of sp³-hybridized carbons (Fsp3) is 0.208. The van der Waals surface area contributed by atoms with Crippen LogP contribution in [0.1, 0.15) is 21.5 Å². The molecule has 3 aromatic rings. The van der Waals surface area contributed by atoms with Gasteiger partial charge in [0.15, 0.2) is 5.96 Å². The summed E-state index contributed by atoms with van der Waals surface area (Å²) in [5, 5.41) is 6.49. The molecule has 9 heteroatoms. The summed E-state index contributed by atoms with van der Waals surface area (Å²) in [5.41, 5.74) is 2.63. The van der Waals surface area contributed by atoms with E-state index in [0.29, 0.717) is 36.2 Å². The Labute approximate surface area is 210 Å². The minimum absolute atomic E-state index is 0. The van der Waals surface area contributed by atoms with Crippen molar-refractivity contribution in [2.24, 2.45) is 4.99 Å². The molecule has 1 heterocycles. The minimum Gasteiger partial charge on any atom is -0.439 e. The Morgan fingerprint density at radius 3 is 2.24 bits per heavy atom. The van der Waals surface area contributed by atoms with Gasteiger partial charge in [0.2, 0.25) is 5.88 Å². The van der Waals surface area contributed by atoms with Crippen LogP contribution in [0.2, 0.25) is 0 Å². The Kier molecular flexibility index (Phi) is 10.0. The van der Waals surface area contributed by atoms with Gasteiger partial charge in [-0.25, -0.2) is 9.37 Å². The van der Waals surface area contributed by atoms with Crippen molar-refractivity contribution in [1.82, 2.24) is 20.5 Å². The van der Waals surface area contributed by atoms with Gasteiger partial charge in [0.25, 0.3) is 5.91 Å². The molecule has 0 bridgehead atoms. The van der Waals surface area contributed by atoms with E-state index in [2.05, 4.69) is 20.6 Å². The second kappa shape index (κ2) is 12.7. The van der Waals surface area contributed by atoms with E-state index in [1.54, 1.807) is 44.4 Å². The molecule has 0 fully saturated rings. The number of carbonyl (C=O) groups is 1. The molecule has 2 N–H and O–H groups in total. The predicted octanol–water partition coefficient (Wildman–Crippen LogP) is 4.20. The normalized spacial score (nSPS) is 10.7. The van der Waals surface area contributed by atoms with Crippen LogP contribution in [0.25, 0.3) is 0 Å². The lowest BCUT2D eigenvalue weighted by molar-refractivity contribution is 0.0827. The maximum atomic E-state index is 13.0. The van der Waals surface area contributed by atoms with Gasteiger partial charge in [0.1, 0.15) is 11.6 Å². The number of halogens is 2. The number of nitrogens with one attached hydrogen (secondary N) is 2. The predicted molar refractivity (Wildman–Crippen MR) is 138 cm³/mol. The molecule has 0 saturated carbocycles. The van der Waals surface area contributed by atoms with Gasteiger partial charge < -0.3 is 20.3 Å². The molecule has 7 nitrogen and oxygen atoms in total. The second-order valence-electron chi connectivity index (χ2n) is 7.23. The highest BCUT2D eigenvalue weighted by Crippen LogP contribution is 2.20. The number of carbonyl (C=O) groups excluding carboxylic acids is 1. The summed E-state index contributed by atoms with van der Waals surface area (Å²) < 4.78 is 18.7. The number of pyridine rings is 1. The third kappa shape index (κ3) is 8.01. The highest BCUT2D eigenvalue weighted by atomic mass is 127. The molecule has 2 aromatic carbocycles. The molecule has 33 heavy (non-hydrogen) atoms. The first-order chi connectivity index (χ1) is 15.4. The molecular formula is C24H27FIN5O2. The Morgan fingerprint density at radius 1 is 1.00 bits per heavy atom. The zero-order chi connectivity index (χ0) is 22.9. The van der Waals surface area contributed by atoms with Gasteiger partial charge in [-0.1, -0.05) is 12.1 Å². The van der Waals surface area contributed by atoms with E-state index in [1.807, 2.05) is 36.4 Å². The molecular weight excluding hydrogens is 536 g/mol. The van der Waals surface area contributed by atoms with E-state index in [1.165, 1.54) is 12.1 Å². The molecule has 3 rings (SSSR count). The van der Waals surface area contributed by atoms with Crippen molar-refractivity contribution in [2.45, 2.75) is 13.1 Å². The van der Waals surface area contributed by atoms with E-state index >= 15 is 0 Å². The van der Waals surface area contributed by atoms with E-state index in [9.17, 15) is 9.18 Å². The van der Waals surface area contributed by atoms with Gasteiger partial charge in [-0.2, -0.15) is 0 Å². The summed E-state index contributed by atoms with van der Waals surface area (Å²) in [6, 6.07) is 16.9. The van der Waals surface area contributed by atoms with Crippen LogP contribution in [0.3, 0.4) is 0 Å². The van der Waals surface area contributed by atoms with Crippen LogP contribution in [-0.2, 0) is 13.1 Å². The number of aromatic nitrogens is 1. The van der Waals surface area contributed by atoms with Crippen molar-refractivity contribution in [3.8, 4) is 11.6 Å². The van der Waals surface area contributed by atoms with Crippen LogP contribution in [0, 0.1) is 5.82 Å². The van der Waals surface area contributed by atoms with Crippen LogP contribution < -0.4 is 15.4 Å². The number of aliphatic imine (C=N–C) groups is 1. The standard InChI is InChI=1S/C24H26FN5O2.HI/c1-26-24(28-15-17-4-6-19(7-5-17)23(31)30(2)3)29-16-18-12-13-27-22(14-18)32-21-10-8-20(25)9-11-21;/h4-14H,15-16H2,1-3H3,(H2,26,28,29);1H. The number of benzene rings is 2. The smallest absolute Gasteiger partial charge is 0.253 e. The summed E-state index contributed by atoms with van der Waals surface area (Å²) in [6.45, 7) is 1.07. The Balaban J connectivity index is 0.00000385. The molecule has 174 valence electrons. The lowest BCUT2D eigenvalue weighted by Gasteiger charge is -2.13. The quantitative estimate of drug-likeness (QED) is 0.256. The Hall–Kier alpha value is -3.21. The zero-order valence-corrected chi connectivity index (χ0v) is 21.0. The lowest BCUT2D eigenvalue weighted by Crippen LogP contribution is -2.36. The minimum atomic E-state index is -0.319. The fourth-order valence-electron chi connectivity index (χ4n) is 2.86. The maximum Gasteiger partial charge on any atom is 0.253 e. The van der Waals surface area contributed by atoms with Crippen LogP contribution in [0.5, 0.6) is 11.6 Å².